The van der Waals surface area contributed by atoms with E-state index in [0.717, 1.165) is 31.0 Å². The van der Waals surface area contributed by atoms with E-state index >= 15 is 0 Å². The molecule has 0 saturated heterocycles. The molecule has 0 atom stereocenters. The van der Waals surface area contributed by atoms with Crippen LogP contribution in [-0.4, -0.2) is 40.5 Å². The van der Waals surface area contributed by atoms with Crippen molar-refractivity contribution in [3.63, 3.8) is 0 Å². The van der Waals surface area contributed by atoms with E-state index in [-0.39, 0.29) is 42.7 Å². The molecule has 10 heteroatoms. The Balaban J connectivity index is 0.00000243. The summed E-state index contributed by atoms with van der Waals surface area (Å²) in [4.78, 5) is 4.18. The Morgan fingerprint density at radius 2 is 1.92 bits per heavy atom. The van der Waals surface area contributed by atoms with Crippen LogP contribution in [0.2, 0.25) is 0 Å². The number of halogens is 4. The monoisotopic (exact) mass is 486 g/mol. The molecule has 1 fully saturated rings. The first-order chi connectivity index (χ1) is 12.0. The molecule has 0 spiro atoms. The van der Waals surface area contributed by atoms with Crippen molar-refractivity contribution in [3.8, 4) is 0 Å². The number of aromatic nitrogens is 3. The fraction of sp³-hybridized carbons (Fsp3) is 0.812. The van der Waals surface area contributed by atoms with E-state index in [4.69, 9.17) is 0 Å². The van der Waals surface area contributed by atoms with Gasteiger partial charge in [-0.05, 0) is 38.0 Å². The van der Waals surface area contributed by atoms with Crippen LogP contribution in [0.25, 0.3) is 0 Å². The molecule has 6 nitrogen and oxygen atoms in total. The smallest absolute Gasteiger partial charge is 0.356 e. The zero-order valence-corrected chi connectivity index (χ0v) is 17.2. The average molecular weight is 486 g/mol. The fourth-order valence-electron chi connectivity index (χ4n) is 3.66. The molecule has 2 heterocycles. The van der Waals surface area contributed by atoms with Gasteiger partial charge in [0.1, 0.15) is 5.82 Å². The van der Waals surface area contributed by atoms with Crippen LogP contribution >= 0.6 is 24.0 Å². The van der Waals surface area contributed by atoms with E-state index in [0.29, 0.717) is 31.9 Å². The van der Waals surface area contributed by atoms with E-state index in [1.807, 2.05) is 0 Å². The number of rotatable bonds is 4. The molecule has 1 aromatic rings. The van der Waals surface area contributed by atoms with Gasteiger partial charge >= 0.3 is 6.18 Å². The molecule has 0 radical (unpaired) electrons. The highest BCUT2D eigenvalue weighted by molar-refractivity contribution is 14.0. The lowest BCUT2D eigenvalue weighted by molar-refractivity contribution is -0.183. The summed E-state index contributed by atoms with van der Waals surface area (Å²) in [6, 6.07) is 0. The molecule has 0 aromatic carbocycles. The predicted molar refractivity (Wildman–Crippen MR) is 103 cm³/mol. The standard InChI is InChI=1S/C16H25F3N6.HI/c1-20-15(22-10-14-24-23-13-3-2-8-25(13)14)21-9-11-4-6-12(7-5-11)16(17,18)19;/h11-12H,2-10H2,1H3,(H2,20,21,22);1H. The summed E-state index contributed by atoms with van der Waals surface area (Å²) in [5.74, 6) is 1.70. The fourth-order valence-corrected chi connectivity index (χ4v) is 3.66. The van der Waals surface area contributed by atoms with Crippen molar-refractivity contribution in [1.82, 2.24) is 25.4 Å². The molecule has 3 rings (SSSR count). The average Bonchev–Trinajstić information content (AvgIpc) is 3.19. The lowest BCUT2D eigenvalue weighted by Crippen LogP contribution is -2.41. The third kappa shape index (κ3) is 5.23. The van der Waals surface area contributed by atoms with E-state index < -0.39 is 12.1 Å². The molecule has 1 saturated carbocycles. The molecule has 148 valence electrons. The van der Waals surface area contributed by atoms with Crippen LogP contribution in [0.5, 0.6) is 0 Å². The van der Waals surface area contributed by atoms with Crippen molar-refractivity contribution in [2.24, 2.45) is 16.8 Å². The Kier molecular flexibility index (Phi) is 7.53. The normalized spacial score (nSPS) is 23.3. The molecule has 0 bridgehead atoms. The number of alkyl halides is 3. The van der Waals surface area contributed by atoms with Gasteiger partial charge in [0.15, 0.2) is 11.8 Å². The Labute approximate surface area is 168 Å². The van der Waals surface area contributed by atoms with Gasteiger partial charge in [-0.15, -0.1) is 34.2 Å². The number of guanidine groups is 1. The third-order valence-corrected chi connectivity index (χ3v) is 5.19. The van der Waals surface area contributed by atoms with Crippen LogP contribution in [0.1, 0.15) is 43.8 Å². The second-order valence-electron chi connectivity index (χ2n) is 6.85. The number of aryl methyl sites for hydroxylation is 1. The van der Waals surface area contributed by atoms with E-state index in [9.17, 15) is 13.2 Å². The van der Waals surface area contributed by atoms with Crippen LogP contribution < -0.4 is 10.6 Å². The van der Waals surface area contributed by atoms with Crippen LogP contribution in [0, 0.1) is 11.8 Å². The maximum absolute atomic E-state index is 12.7. The summed E-state index contributed by atoms with van der Waals surface area (Å²) in [5, 5.41) is 14.8. The van der Waals surface area contributed by atoms with Crippen LogP contribution in [-0.2, 0) is 19.5 Å². The number of nitrogens with zero attached hydrogens (tertiary/aromatic N) is 4. The summed E-state index contributed by atoms with van der Waals surface area (Å²) in [7, 11) is 1.68. The molecule has 2 aliphatic rings. The summed E-state index contributed by atoms with van der Waals surface area (Å²) in [6.45, 7) is 2.13. The maximum Gasteiger partial charge on any atom is 0.391 e. The first-order valence-electron chi connectivity index (χ1n) is 8.89. The van der Waals surface area contributed by atoms with Gasteiger partial charge in [0, 0.05) is 26.6 Å². The van der Waals surface area contributed by atoms with Gasteiger partial charge in [-0.1, -0.05) is 0 Å². The van der Waals surface area contributed by atoms with Gasteiger partial charge in [-0.3, -0.25) is 4.99 Å². The predicted octanol–water partition coefficient (Wildman–Crippen LogP) is 2.88. The molecule has 1 aromatic heterocycles. The van der Waals surface area contributed by atoms with Crippen molar-refractivity contribution >= 4 is 29.9 Å². The van der Waals surface area contributed by atoms with E-state index in [2.05, 4.69) is 30.4 Å². The topological polar surface area (TPSA) is 67.1 Å². The Bertz CT molecular complexity index is 608. The van der Waals surface area contributed by atoms with Crippen LogP contribution in [0.4, 0.5) is 13.2 Å². The Morgan fingerprint density at radius 3 is 2.58 bits per heavy atom. The minimum absolute atomic E-state index is 0. The molecule has 26 heavy (non-hydrogen) atoms. The Hall–Kier alpha value is -1.07. The summed E-state index contributed by atoms with van der Waals surface area (Å²) >= 11 is 0. The highest BCUT2D eigenvalue weighted by Gasteiger charge is 2.41. The number of hydrogen-bond donors (Lipinski definition) is 2. The van der Waals surface area contributed by atoms with Crippen molar-refractivity contribution in [3.05, 3.63) is 11.6 Å². The molecular weight excluding hydrogens is 460 g/mol. The van der Waals surface area contributed by atoms with Crippen molar-refractivity contribution in [1.29, 1.82) is 0 Å². The summed E-state index contributed by atoms with van der Waals surface area (Å²) in [5.41, 5.74) is 0. The highest BCUT2D eigenvalue weighted by atomic mass is 127. The van der Waals surface area contributed by atoms with E-state index in [1.165, 1.54) is 0 Å². The summed E-state index contributed by atoms with van der Waals surface area (Å²) < 4.78 is 40.3. The third-order valence-electron chi connectivity index (χ3n) is 5.19. The largest absolute Gasteiger partial charge is 0.391 e. The minimum atomic E-state index is -4.05. The first-order valence-corrected chi connectivity index (χ1v) is 8.89. The lowest BCUT2D eigenvalue weighted by atomic mass is 9.81. The van der Waals surface area contributed by atoms with Crippen LogP contribution in [0.15, 0.2) is 4.99 Å². The Morgan fingerprint density at radius 1 is 1.19 bits per heavy atom. The van der Waals surface area contributed by atoms with Gasteiger partial charge in [-0.25, -0.2) is 0 Å². The van der Waals surface area contributed by atoms with Gasteiger partial charge in [0.2, 0.25) is 0 Å². The number of aliphatic imine (C=N–C) groups is 1. The minimum Gasteiger partial charge on any atom is -0.356 e. The zero-order valence-electron chi connectivity index (χ0n) is 14.8. The zero-order chi connectivity index (χ0) is 17.9. The quantitative estimate of drug-likeness (QED) is 0.391. The van der Waals surface area contributed by atoms with Gasteiger partial charge in [0.25, 0.3) is 0 Å². The van der Waals surface area contributed by atoms with Gasteiger partial charge in [-0.2, -0.15) is 13.2 Å². The second-order valence-corrected chi connectivity index (χ2v) is 6.85. The molecular formula is C16H26F3IN6. The van der Waals surface area contributed by atoms with E-state index in [1.54, 1.807) is 7.05 Å². The molecule has 0 amide bonds. The van der Waals surface area contributed by atoms with Crippen LogP contribution in [0.3, 0.4) is 0 Å². The lowest BCUT2D eigenvalue weighted by Gasteiger charge is -2.30. The number of nitrogens with one attached hydrogen (secondary N) is 2. The number of fused-ring (bicyclic) bond motifs is 1. The van der Waals surface area contributed by atoms with Gasteiger partial charge in [0.05, 0.1) is 12.5 Å². The number of hydrogen-bond acceptors (Lipinski definition) is 3. The second kappa shape index (κ2) is 9.23. The summed E-state index contributed by atoms with van der Waals surface area (Å²) in [6.07, 6.45) is -0.306. The van der Waals surface area contributed by atoms with Gasteiger partial charge < -0.3 is 15.2 Å². The van der Waals surface area contributed by atoms with Crippen molar-refractivity contribution < 1.29 is 13.2 Å². The first kappa shape index (κ1) is 21.2. The maximum atomic E-state index is 12.7. The molecule has 0 unspecified atom stereocenters. The molecule has 2 N–H and O–H groups in total. The molecule has 1 aliphatic heterocycles. The SMILES string of the molecule is CN=C(NCc1nnc2n1CCC2)NCC1CCC(C(F)(F)F)CC1.I. The highest BCUT2D eigenvalue weighted by Crippen LogP contribution is 2.39. The molecule has 1 aliphatic carbocycles. The van der Waals surface area contributed by atoms with Crippen molar-refractivity contribution in [2.75, 3.05) is 13.6 Å². The van der Waals surface area contributed by atoms with Crippen molar-refractivity contribution in [2.45, 2.75) is 57.8 Å².